The summed E-state index contributed by atoms with van der Waals surface area (Å²) in [7, 11) is -2.17. The van der Waals surface area contributed by atoms with Crippen LogP contribution in [0.2, 0.25) is 9.36 Å². The zero-order chi connectivity index (χ0) is 25.4. The Morgan fingerprint density at radius 3 is 2.75 bits per heavy atom. The number of aromatic nitrogens is 1. The second kappa shape index (κ2) is 10.7. The van der Waals surface area contributed by atoms with Crippen LogP contribution in [0.3, 0.4) is 0 Å². The van der Waals surface area contributed by atoms with E-state index in [4.69, 9.17) is 37.7 Å². The number of piperidine rings is 1. The predicted molar refractivity (Wildman–Crippen MR) is 143 cm³/mol. The number of thiophene rings is 1. The number of ether oxygens (including phenoxy) is 2. The minimum absolute atomic E-state index is 0.102. The van der Waals surface area contributed by atoms with Gasteiger partial charge in [-0.3, -0.25) is 9.69 Å². The van der Waals surface area contributed by atoms with Crippen LogP contribution in [0.1, 0.15) is 25.7 Å². The number of rotatable bonds is 7. The zero-order valence-corrected chi connectivity index (χ0v) is 23.4. The van der Waals surface area contributed by atoms with E-state index in [2.05, 4.69) is 0 Å². The second-order valence-corrected chi connectivity index (χ2v) is 14.0. The maximum Gasteiger partial charge on any atom is 0.252 e. The van der Waals surface area contributed by atoms with Crippen molar-refractivity contribution in [3.05, 3.63) is 33.6 Å². The Balaban J connectivity index is 1.45. The largest absolute Gasteiger partial charge is 0.494 e. The van der Waals surface area contributed by atoms with Crippen molar-refractivity contribution in [2.24, 2.45) is 5.92 Å². The third-order valence-electron chi connectivity index (χ3n) is 6.45. The number of hydrogen-bond donors (Lipinski definition) is 0. The van der Waals surface area contributed by atoms with Crippen LogP contribution in [0.25, 0.3) is 10.2 Å². The molecule has 2 aromatic heterocycles. The molecule has 0 saturated carbocycles. The number of thiazole rings is 1. The number of carbonyl (C=O) groups is 1. The lowest BCUT2D eigenvalue weighted by molar-refractivity contribution is -0.123. The minimum Gasteiger partial charge on any atom is -0.494 e. The number of hydrogen-bond acceptors (Lipinski definition) is 8. The van der Waals surface area contributed by atoms with Gasteiger partial charge in [0.25, 0.3) is 10.0 Å². The monoisotopic (exact) mass is 589 g/mol. The van der Waals surface area contributed by atoms with Crippen LogP contribution in [0.5, 0.6) is 5.75 Å². The summed E-state index contributed by atoms with van der Waals surface area (Å²) in [6.45, 7) is 1.47. The SMILES string of the molecule is COc1ccc(Cl)c2sc(N(CC3CCCO3)C(=O)C3CCCN(S(=O)(=O)c4ccc(Cl)s4)C3)nc12. The van der Waals surface area contributed by atoms with Gasteiger partial charge in [0.1, 0.15) is 15.5 Å². The maximum absolute atomic E-state index is 13.9. The summed E-state index contributed by atoms with van der Waals surface area (Å²) in [5, 5.41) is 1.03. The molecule has 0 radical (unpaired) electrons. The third-order valence-corrected chi connectivity index (χ3v) is 11.6. The number of anilines is 1. The van der Waals surface area contributed by atoms with Gasteiger partial charge >= 0.3 is 0 Å². The van der Waals surface area contributed by atoms with Gasteiger partial charge in [-0.1, -0.05) is 34.5 Å². The van der Waals surface area contributed by atoms with Crippen molar-refractivity contribution in [3.8, 4) is 5.75 Å². The van der Waals surface area contributed by atoms with Crippen LogP contribution >= 0.6 is 45.9 Å². The van der Waals surface area contributed by atoms with E-state index in [9.17, 15) is 13.2 Å². The summed E-state index contributed by atoms with van der Waals surface area (Å²) in [4.78, 5) is 20.3. The average Bonchev–Trinajstić information content (AvgIpc) is 3.64. The maximum atomic E-state index is 13.9. The highest BCUT2D eigenvalue weighted by molar-refractivity contribution is 7.91. The Kier molecular flexibility index (Phi) is 7.79. The quantitative estimate of drug-likeness (QED) is 0.372. The first-order chi connectivity index (χ1) is 17.3. The summed E-state index contributed by atoms with van der Waals surface area (Å²) in [6, 6.07) is 6.58. The van der Waals surface area contributed by atoms with Crippen LogP contribution < -0.4 is 9.64 Å². The van der Waals surface area contributed by atoms with E-state index < -0.39 is 15.9 Å². The molecule has 2 aliphatic heterocycles. The molecule has 13 heteroatoms. The molecule has 2 saturated heterocycles. The molecule has 8 nitrogen and oxygen atoms in total. The number of benzene rings is 1. The van der Waals surface area contributed by atoms with Crippen molar-refractivity contribution >= 4 is 77.2 Å². The van der Waals surface area contributed by atoms with Crippen molar-refractivity contribution in [1.82, 2.24) is 9.29 Å². The molecule has 2 fully saturated rings. The van der Waals surface area contributed by atoms with E-state index in [0.29, 0.717) is 58.3 Å². The van der Waals surface area contributed by atoms with E-state index in [1.54, 1.807) is 30.2 Å². The number of sulfonamides is 1. The number of methoxy groups -OCH3 is 1. The lowest BCUT2D eigenvalue weighted by atomic mass is 9.98. The molecule has 2 aliphatic rings. The van der Waals surface area contributed by atoms with Gasteiger partial charge in [-0.25, -0.2) is 13.4 Å². The second-order valence-electron chi connectivity index (χ2n) is 8.77. The number of carbonyl (C=O) groups excluding carboxylic acids is 1. The first kappa shape index (κ1) is 26.1. The molecule has 2 atom stereocenters. The Morgan fingerprint density at radius 1 is 1.22 bits per heavy atom. The van der Waals surface area contributed by atoms with Gasteiger partial charge in [0.05, 0.1) is 39.7 Å². The smallest absolute Gasteiger partial charge is 0.252 e. The summed E-state index contributed by atoms with van der Waals surface area (Å²) in [6.07, 6.45) is 2.86. The summed E-state index contributed by atoms with van der Waals surface area (Å²) >= 11 is 14.8. The number of halogens is 2. The van der Waals surface area contributed by atoms with Crippen LogP contribution in [-0.2, 0) is 19.6 Å². The minimum atomic E-state index is -3.73. The standard InChI is InChI=1S/C23H25Cl2N3O5S3/c1-32-17-7-6-16(24)21-20(17)26-23(35-21)28(13-15-5-3-11-33-15)22(29)14-4-2-10-27(12-14)36(30,31)19-9-8-18(25)34-19/h6-9,14-15H,2-5,10-13H2,1H3. The van der Waals surface area contributed by atoms with E-state index in [0.717, 1.165) is 28.9 Å². The Hall–Kier alpha value is -1.47. The van der Waals surface area contributed by atoms with E-state index in [1.165, 1.54) is 21.7 Å². The normalized spacial score (nSPS) is 21.2. The molecule has 1 amide bonds. The highest BCUT2D eigenvalue weighted by Gasteiger charge is 2.38. The molecule has 3 aromatic rings. The van der Waals surface area contributed by atoms with Gasteiger partial charge in [-0.15, -0.1) is 11.3 Å². The van der Waals surface area contributed by atoms with Gasteiger partial charge in [0.2, 0.25) is 5.91 Å². The lowest BCUT2D eigenvalue weighted by Gasteiger charge is -2.34. The first-order valence-corrected chi connectivity index (χ1v) is 15.4. The zero-order valence-electron chi connectivity index (χ0n) is 19.5. The summed E-state index contributed by atoms with van der Waals surface area (Å²) in [5.74, 6) is -0.0931. The number of amides is 1. The third kappa shape index (κ3) is 5.11. The molecule has 1 aromatic carbocycles. The van der Waals surface area contributed by atoms with Crippen molar-refractivity contribution in [2.75, 3.05) is 38.3 Å². The van der Waals surface area contributed by atoms with Crippen molar-refractivity contribution in [1.29, 1.82) is 0 Å². The Morgan fingerprint density at radius 2 is 2.06 bits per heavy atom. The highest BCUT2D eigenvalue weighted by Crippen LogP contribution is 2.40. The molecule has 0 spiro atoms. The fourth-order valence-electron chi connectivity index (χ4n) is 4.62. The molecule has 194 valence electrons. The van der Waals surface area contributed by atoms with Gasteiger partial charge in [-0.05, 0) is 49.9 Å². The van der Waals surface area contributed by atoms with Crippen LogP contribution in [0, 0.1) is 5.92 Å². The molecule has 2 unspecified atom stereocenters. The fraction of sp³-hybridized carbons (Fsp3) is 0.478. The van der Waals surface area contributed by atoms with Gasteiger partial charge in [-0.2, -0.15) is 4.31 Å². The first-order valence-electron chi connectivity index (χ1n) is 11.6. The van der Waals surface area contributed by atoms with E-state index >= 15 is 0 Å². The molecule has 0 N–H and O–H groups in total. The average molecular weight is 591 g/mol. The molecule has 5 rings (SSSR count). The molecular formula is C23H25Cl2N3O5S3. The number of nitrogens with zero attached hydrogens (tertiary/aromatic N) is 3. The Labute approximate surface area is 227 Å². The topological polar surface area (TPSA) is 89.0 Å². The summed E-state index contributed by atoms with van der Waals surface area (Å²) < 4.78 is 40.4. The van der Waals surface area contributed by atoms with Crippen LogP contribution in [0.4, 0.5) is 5.13 Å². The van der Waals surface area contributed by atoms with Crippen molar-refractivity contribution in [2.45, 2.75) is 36.0 Å². The molecule has 0 aliphatic carbocycles. The van der Waals surface area contributed by atoms with Crippen molar-refractivity contribution in [3.63, 3.8) is 0 Å². The Bertz CT molecular complexity index is 1370. The molecule has 0 bridgehead atoms. The molecular weight excluding hydrogens is 565 g/mol. The lowest BCUT2D eigenvalue weighted by Crippen LogP contribution is -2.48. The number of fused-ring (bicyclic) bond motifs is 1. The van der Waals surface area contributed by atoms with Crippen LogP contribution in [0.15, 0.2) is 28.5 Å². The van der Waals surface area contributed by atoms with E-state index in [1.807, 2.05) is 0 Å². The van der Waals surface area contributed by atoms with Crippen molar-refractivity contribution < 1.29 is 22.7 Å². The van der Waals surface area contributed by atoms with Gasteiger partial charge in [0, 0.05) is 19.7 Å². The fourth-order valence-corrected chi connectivity index (χ4v) is 9.05. The van der Waals surface area contributed by atoms with Gasteiger partial charge in [0.15, 0.2) is 5.13 Å². The van der Waals surface area contributed by atoms with E-state index in [-0.39, 0.29) is 22.8 Å². The predicted octanol–water partition coefficient (Wildman–Crippen LogP) is 5.29. The molecule has 36 heavy (non-hydrogen) atoms. The van der Waals surface area contributed by atoms with Gasteiger partial charge < -0.3 is 9.47 Å². The molecule has 4 heterocycles. The summed E-state index contributed by atoms with van der Waals surface area (Å²) in [5.41, 5.74) is 0.595. The van der Waals surface area contributed by atoms with Crippen LogP contribution in [-0.4, -0.2) is 63.1 Å². The highest BCUT2D eigenvalue weighted by atomic mass is 35.5.